The topological polar surface area (TPSA) is 97.8 Å². The first-order valence-electron chi connectivity index (χ1n) is 12.6. The first-order valence-corrected chi connectivity index (χ1v) is 12.6. The molecule has 0 radical (unpaired) electrons. The zero-order chi connectivity index (χ0) is 24.9. The maximum Gasteiger partial charge on any atom is 0.319 e. The molecule has 1 saturated carbocycles. The molecule has 0 spiro atoms. The number of nitrogens with one attached hydrogen (secondary N) is 2. The van der Waals surface area contributed by atoms with E-state index in [9.17, 15) is 4.79 Å². The standard InChI is InChI=1S/C27H33N5O4/c1-34-24-15-22-23(16-25(24)35-2)28-17-29-26(22)32-13-11-19(12-14-32)31-27(33)30-18-7-9-21(10-8-18)36-20-5-3-4-6-20/h7-10,15-17,19-20H,3-6,11-14H2,1-2H3,(H2,30,31,33). The fraction of sp³-hybridized carbons (Fsp3) is 0.444. The summed E-state index contributed by atoms with van der Waals surface area (Å²) in [5.74, 6) is 3.00. The fourth-order valence-corrected chi connectivity index (χ4v) is 5.03. The van der Waals surface area contributed by atoms with Crippen molar-refractivity contribution in [2.45, 2.75) is 50.7 Å². The minimum absolute atomic E-state index is 0.0916. The average molecular weight is 492 g/mol. The van der Waals surface area contributed by atoms with Crippen LogP contribution in [0.5, 0.6) is 17.2 Å². The number of anilines is 2. The van der Waals surface area contributed by atoms with E-state index < -0.39 is 0 Å². The Kier molecular flexibility index (Phi) is 7.25. The Morgan fingerprint density at radius 2 is 1.64 bits per heavy atom. The maximum absolute atomic E-state index is 12.6. The molecular weight excluding hydrogens is 458 g/mol. The highest BCUT2D eigenvalue weighted by molar-refractivity contribution is 5.92. The summed E-state index contributed by atoms with van der Waals surface area (Å²) in [5, 5.41) is 6.96. The zero-order valence-corrected chi connectivity index (χ0v) is 20.8. The third-order valence-electron chi connectivity index (χ3n) is 6.97. The molecule has 5 rings (SSSR count). The molecule has 1 aromatic heterocycles. The van der Waals surface area contributed by atoms with Crippen LogP contribution in [0.3, 0.4) is 0 Å². The van der Waals surface area contributed by atoms with Crippen LogP contribution in [-0.2, 0) is 0 Å². The van der Waals surface area contributed by atoms with Gasteiger partial charge in [0, 0.05) is 36.3 Å². The van der Waals surface area contributed by atoms with Gasteiger partial charge in [-0.05, 0) is 68.9 Å². The van der Waals surface area contributed by atoms with Gasteiger partial charge in [0.15, 0.2) is 11.5 Å². The maximum atomic E-state index is 12.6. The van der Waals surface area contributed by atoms with E-state index in [1.54, 1.807) is 20.5 Å². The summed E-state index contributed by atoms with van der Waals surface area (Å²) < 4.78 is 16.9. The van der Waals surface area contributed by atoms with E-state index in [-0.39, 0.29) is 12.1 Å². The third kappa shape index (κ3) is 5.40. The van der Waals surface area contributed by atoms with E-state index in [1.165, 1.54) is 12.8 Å². The first kappa shape index (κ1) is 24.0. The van der Waals surface area contributed by atoms with Gasteiger partial charge in [0.05, 0.1) is 25.8 Å². The smallest absolute Gasteiger partial charge is 0.319 e. The van der Waals surface area contributed by atoms with E-state index >= 15 is 0 Å². The Morgan fingerprint density at radius 1 is 0.944 bits per heavy atom. The van der Waals surface area contributed by atoms with Crippen LogP contribution in [0.15, 0.2) is 42.7 Å². The van der Waals surface area contributed by atoms with Gasteiger partial charge in [-0.25, -0.2) is 14.8 Å². The number of aromatic nitrogens is 2. The van der Waals surface area contributed by atoms with Crippen molar-refractivity contribution in [2.24, 2.45) is 0 Å². The second-order valence-electron chi connectivity index (χ2n) is 9.33. The van der Waals surface area contributed by atoms with Crippen molar-refractivity contribution in [3.8, 4) is 17.2 Å². The normalized spacial score (nSPS) is 16.7. The molecule has 0 bridgehead atoms. The first-order chi connectivity index (χ1) is 17.6. The number of hydrogen-bond acceptors (Lipinski definition) is 7. The van der Waals surface area contributed by atoms with E-state index in [4.69, 9.17) is 14.2 Å². The van der Waals surface area contributed by atoms with Crippen LogP contribution >= 0.6 is 0 Å². The SMILES string of the molecule is COc1cc2ncnc(N3CCC(NC(=O)Nc4ccc(OC5CCCC5)cc4)CC3)c2cc1OC. The monoisotopic (exact) mass is 491 g/mol. The summed E-state index contributed by atoms with van der Waals surface area (Å²) in [6.07, 6.45) is 8.26. The molecule has 1 aliphatic heterocycles. The number of hydrogen-bond donors (Lipinski definition) is 2. The van der Waals surface area contributed by atoms with Crippen molar-refractivity contribution in [1.29, 1.82) is 0 Å². The highest BCUT2D eigenvalue weighted by Gasteiger charge is 2.24. The number of piperidine rings is 1. The van der Waals surface area contributed by atoms with Crippen molar-refractivity contribution in [3.05, 3.63) is 42.7 Å². The van der Waals surface area contributed by atoms with Crippen molar-refractivity contribution in [1.82, 2.24) is 15.3 Å². The summed E-state index contributed by atoms with van der Waals surface area (Å²) in [7, 11) is 3.23. The van der Waals surface area contributed by atoms with Crippen LogP contribution in [0, 0.1) is 0 Å². The van der Waals surface area contributed by atoms with E-state index in [0.29, 0.717) is 17.6 Å². The lowest BCUT2D eigenvalue weighted by Crippen LogP contribution is -2.46. The lowest BCUT2D eigenvalue weighted by atomic mass is 10.0. The molecule has 2 amide bonds. The van der Waals surface area contributed by atoms with Crippen LogP contribution in [0.25, 0.3) is 10.9 Å². The molecule has 0 unspecified atom stereocenters. The molecular formula is C27H33N5O4. The van der Waals surface area contributed by atoms with Gasteiger partial charge in [-0.15, -0.1) is 0 Å². The molecule has 2 heterocycles. The van der Waals surface area contributed by atoms with Crippen molar-refractivity contribution in [2.75, 3.05) is 37.5 Å². The molecule has 3 aromatic rings. The van der Waals surface area contributed by atoms with Gasteiger partial charge < -0.3 is 29.7 Å². The number of carbonyl (C=O) groups excluding carboxylic acids is 1. The number of amides is 2. The highest BCUT2D eigenvalue weighted by atomic mass is 16.5. The van der Waals surface area contributed by atoms with E-state index in [1.807, 2.05) is 36.4 Å². The van der Waals surface area contributed by atoms with Gasteiger partial charge in [-0.2, -0.15) is 0 Å². The zero-order valence-electron chi connectivity index (χ0n) is 20.8. The molecule has 2 aliphatic rings. The molecule has 190 valence electrons. The Bertz CT molecular complexity index is 1190. The molecule has 36 heavy (non-hydrogen) atoms. The second-order valence-corrected chi connectivity index (χ2v) is 9.33. The van der Waals surface area contributed by atoms with E-state index in [0.717, 1.165) is 66.9 Å². The molecule has 1 saturated heterocycles. The fourth-order valence-electron chi connectivity index (χ4n) is 5.03. The number of carbonyl (C=O) groups is 1. The number of benzene rings is 2. The average Bonchev–Trinajstić information content (AvgIpc) is 3.42. The molecule has 9 heteroatoms. The molecule has 2 aromatic carbocycles. The summed E-state index contributed by atoms with van der Waals surface area (Å²) in [6.45, 7) is 1.55. The predicted octanol–water partition coefficient (Wildman–Crippen LogP) is 4.76. The third-order valence-corrected chi connectivity index (χ3v) is 6.97. The van der Waals surface area contributed by atoms with Gasteiger partial charge in [-0.1, -0.05) is 0 Å². The van der Waals surface area contributed by atoms with Crippen molar-refractivity contribution in [3.63, 3.8) is 0 Å². The Balaban J connectivity index is 1.15. The van der Waals surface area contributed by atoms with Gasteiger partial charge in [0.25, 0.3) is 0 Å². The summed E-state index contributed by atoms with van der Waals surface area (Å²) >= 11 is 0. The van der Waals surface area contributed by atoms with Crippen LogP contribution in [0.4, 0.5) is 16.3 Å². The highest BCUT2D eigenvalue weighted by Crippen LogP contribution is 2.35. The molecule has 2 N–H and O–H groups in total. The van der Waals surface area contributed by atoms with Crippen LogP contribution < -0.4 is 29.7 Å². The largest absolute Gasteiger partial charge is 0.493 e. The quantitative estimate of drug-likeness (QED) is 0.492. The van der Waals surface area contributed by atoms with Gasteiger partial charge in [0.2, 0.25) is 0 Å². The Labute approximate surface area is 211 Å². The molecule has 2 fully saturated rings. The predicted molar refractivity (Wildman–Crippen MR) is 139 cm³/mol. The number of ether oxygens (including phenoxy) is 3. The molecule has 9 nitrogen and oxygen atoms in total. The van der Waals surface area contributed by atoms with Crippen LogP contribution in [0.1, 0.15) is 38.5 Å². The number of rotatable bonds is 7. The molecule has 1 aliphatic carbocycles. The Morgan fingerprint density at radius 3 is 2.33 bits per heavy atom. The van der Waals surface area contributed by atoms with Crippen LogP contribution in [0.2, 0.25) is 0 Å². The van der Waals surface area contributed by atoms with Crippen LogP contribution in [-0.4, -0.2) is 55.5 Å². The summed E-state index contributed by atoms with van der Waals surface area (Å²) in [6, 6.07) is 11.3. The number of nitrogens with zero attached hydrogens (tertiary/aromatic N) is 3. The number of methoxy groups -OCH3 is 2. The summed E-state index contributed by atoms with van der Waals surface area (Å²) in [5.41, 5.74) is 1.55. The van der Waals surface area contributed by atoms with Gasteiger partial charge in [0.1, 0.15) is 17.9 Å². The van der Waals surface area contributed by atoms with Crippen molar-refractivity contribution < 1.29 is 19.0 Å². The lowest BCUT2D eigenvalue weighted by molar-refractivity contribution is 0.210. The Hall–Kier alpha value is -3.75. The van der Waals surface area contributed by atoms with Crippen molar-refractivity contribution >= 4 is 28.4 Å². The summed E-state index contributed by atoms with van der Waals surface area (Å²) in [4.78, 5) is 23.8. The van der Waals surface area contributed by atoms with E-state index in [2.05, 4.69) is 25.5 Å². The second kappa shape index (κ2) is 10.9. The van der Waals surface area contributed by atoms with Gasteiger partial charge in [-0.3, -0.25) is 0 Å². The lowest BCUT2D eigenvalue weighted by Gasteiger charge is -2.33. The molecule has 0 atom stereocenters. The van der Waals surface area contributed by atoms with Gasteiger partial charge >= 0.3 is 6.03 Å². The number of fused-ring (bicyclic) bond motifs is 1. The number of urea groups is 1. The minimum Gasteiger partial charge on any atom is -0.493 e. The minimum atomic E-state index is -0.192.